The number of rotatable bonds is 9. The molecular formula is C15H32N2. The Labute approximate surface area is 108 Å². The number of nitrogens with two attached hydrogens (primary N) is 1. The van der Waals surface area contributed by atoms with Gasteiger partial charge in [-0.2, -0.15) is 0 Å². The zero-order valence-corrected chi connectivity index (χ0v) is 12.3. The van der Waals surface area contributed by atoms with Gasteiger partial charge in [0.2, 0.25) is 0 Å². The molecule has 1 aliphatic rings. The molecule has 1 aliphatic carbocycles. The van der Waals surface area contributed by atoms with E-state index in [4.69, 9.17) is 5.73 Å². The zero-order chi connectivity index (χ0) is 12.9. The minimum Gasteiger partial charge on any atom is -0.330 e. The molecule has 2 heteroatoms. The Morgan fingerprint density at radius 3 is 2.24 bits per heavy atom. The molecule has 1 atom stereocenters. The van der Waals surface area contributed by atoms with E-state index < -0.39 is 0 Å². The van der Waals surface area contributed by atoms with E-state index in [9.17, 15) is 0 Å². The van der Waals surface area contributed by atoms with E-state index in [-0.39, 0.29) is 0 Å². The highest BCUT2D eigenvalue weighted by molar-refractivity contribution is 4.97. The topological polar surface area (TPSA) is 38.0 Å². The Morgan fingerprint density at radius 2 is 1.82 bits per heavy atom. The highest BCUT2D eigenvalue weighted by atomic mass is 14.9. The van der Waals surface area contributed by atoms with Gasteiger partial charge in [0.25, 0.3) is 0 Å². The fourth-order valence-corrected chi connectivity index (χ4v) is 2.76. The summed E-state index contributed by atoms with van der Waals surface area (Å²) in [6.07, 6.45) is 5.35. The molecule has 1 fully saturated rings. The van der Waals surface area contributed by atoms with Crippen LogP contribution < -0.4 is 11.1 Å². The number of hydrogen-bond donors (Lipinski definition) is 2. The van der Waals surface area contributed by atoms with Crippen molar-refractivity contribution in [2.75, 3.05) is 19.6 Å². The van der Waals surface area contributed by atoms with Crippen molar-refractivity contribution < 1.29 is 0 Å². The van der Waals surface area contributed by atoms with Gasteiger partial charge in [0.1, 0.15) is 0 Å². The van der Waals surface area contributed by atoms with Crippen LogP contribution in [0.2, 0.25) is 0 Å². The molecule has 0 radical (unpaired) electrons. The third-order valence-corrected chi connectivity index (χ3v) is 4.46. The molecule has 0 bridgehead atoms. The zero-order valence-electron chi connectivity index (χ0n) is 12.3. The summed E-state index contributed by atoms with van der Waals surface area (Å²) >= 11 is 0. The maximum Gasteiger partial charge on any atom is 0.00103 e. The predicted molar refractivity (Wildman–Crippen MR) is 76.0 cm³/mol. The maximum absolute atomic E-state index is 5.82. The van der Waals surface area contributed by atoms with E-state index in [0.29, 0.717) is 11.3 Å². The fraction of sp³-hybridized carbons (Fsp3) is 1.00. The van der Waals surface area contributed by atoms with E-state index in [1.54, 1.807) is 0 Å². The summed E-state index contributed by atoms with van der Waals surface area (Å²) in [5, 5.41) is 3.65. The van der Waals surface area contributed by atoms with Crippen LogP contribution in [-0.4, -0.2) is 19.6 Å². The molecule has 102 valence electrons. The van der Waals surface area contributed by atoms with Crippen molar-refractivity contribution in [1.29, 1.82) is 0 Å². The Morgan fingerprint density at radius 1 is 1.18 bits per heavy atom. The fourth-order valence-electron chi connectivity index (χ4n) is 2.76. The highest BCUT2D eigenvalue weighted by Gasteiger charge is 2.44. The van der Waals surface area contributed by atoms with Gasteiger partial charge in [-0.25, -0.2) is 0 Å². The van der Waals surface area contributed by atoms with Crippen molar-refractivity contribution in [2.24, 2.45) is 28.9 Å². The summed E-state index contributed by atoms with van der Waals surface area (Å²) in [4.78, 5) is 0. The van der Waals surface area contributed by atoms with Crippen molar-refractivity contribution in [3.63, 3.8) is 0 Å². The van der Waals surface area contributed by atoms with Crippen LogP contribution in [0.15, 0.2) is 0 Å². The second-order valence-electron chi connectivity index (χ2n) is 6.71. The first-order valence-corrected chi connectivity index (χ1v) is 7.41. The van der Waals surface area contributed by atoms with Gasteiger partial charge in [-0.15, -0.1) is 0 Å². The van der Waals surface area contributed by atoms with Crippen molar-refractivity contribution in [3.05, 3.63) is 0 Å². The summed E-state index contributed by atoms with van der Waals surface area (Å²) in [6.45, 7) is 12.5. The van der Waals surface area contributed by atoms with Gasteiger partial charge in [0.05, 0.1) is 0 Å². The normalized spacial score (nSPS) is 19.9. The van der Waals surface area contributed by atoms with Crippen LogP contribution in [0.3, 0.4) is 0 Å². The molecule has 0 aromatic rings. The SMILES string of the molecule is CC(C)C[C@H](CN)CCNCC1(C(C)C)CC1. The molecule has 3 N–H and O–H groups in total. The summed E-state index contributed by atoms with van der Waals surface area (Å²) in [7, 11) is 0. The molecule has 0 aromatic carbocycles. The van der Waals surface area contributed by atoms with Gasteiger partial charge in [-0.1, -0.05) is 27.7 Å². The molecule has 1 rings (SSSR count). The van der Waals surface area contributed by atoms with E-state index >= 15 is 0 Å². The summed E-state index contributed by atoms with van der Waals surface area (Å²) in [6, 6.07) is 0. The molecule has 0 amide bonds. The summed E-state index contributed by atoms with van der Waals surface area (Å²) < 4.78 is 0. The summed E-state index contributed by atoms with van der Waals surface area (Å²) in [5.74, 6) is 2.31. The van der Waals surface area contributed by atoms with Crippen LogP contribution in [0.1, 0.15) is 53.4 Å². The van der Waals surface area contributed by atoms with Gasteiger partial charge < -0.3 is 11.1 Å². The van der Waals surface area contributed by atoms with E-state index in [1.165, 1.54) is 32.2 Å². The average Bonchev–Trinajstić information content (AvgIpc) is 3.03. The van der Waals surface area contributed by atoms with E-state index in [0.717, 1.165) is 24.9 Å². The summed E-state index contributed by atoms with van der Waals surface area (Å²) in [5.41, 5.74) is 6.46. The molecule has 17 heavy (non-hydrogen) atoms. The Bertz CT molecular complexity index is 207. The van der Waals surface area contributed by atoms with Gasteiger partial charge in [-0.05, 0) is 61.9 Å². The smallest absolute Gasteiger partial charge is 0.00103 e. The minimum absolute atomic E-state index is 0.635. The Kier molecular flexibility index (Phi) is 5.94. The Balaban J connectivity index is 2.10. The largest absolute Gasteiger partial charge is 0.330 e. The number of nitrogens with one attached hydrogen (secondary N) is 1. The van der Waals surface area contributed by atoms with Gasteiger partial charge in [0.15, 0.2) is 0 Å². The molecule has 1 saturated carbocycles. The molecule has 2 nitrogen and oxygen atoms in total. The molecule has 0 saturated heterocycles. The Hall–Kier alpha value is -0.0800. The van der Waals surface area contributed by atoms with Crippen molar-refractivity contribution >= 4 is 0 Å². The molecule has 0 spiro atoms. The third-order valence-electron chi connectivity index (χ3n) is 4.46. The first-order valence-electron chi connectivity index (χ1n) is 7.41. The average molecular weight is 240 g/mol. The van der Waals surface area contributed by atoms with Crippen molar-refractivity contribution in [3.8, 4) is 0 Å². The van der Waals surface area contributed by atoms with Gasteiger partial charge in [0, 0.05) is 6.54 Å². The van der Waals surface area contributed by atoms with Crippen molar-refractivity contribution in [1.82, 2.24) is 5.32 Å². The predicted octanol–water partition coefficient (Wildman–Crippen LogP) is 3.02. The lowest BCUT2D eigenvalue weighted by molar-refractivity contribution is 0.324. The van der Waals surface area contributed by atoms with Crippen LogP contribution in [0.25, 0.3) is 0 Å². The van der Waals surface area contributed by atoms with E-state index in [2.05, 4.69) is 33.0 Å². The van der Waals surface area contributed by atoms with Crippen LogP contribution in [0.5, 0.6) is 0 Å². The minimum atomic E-state index is 0.635. The first kappa shape index (κ1) is 15.0. The van der Waals surface area contributed by atoms with Gasteiger partial charge >= 0.3 is 0 Å². The molecule has 0 aliphatic heterocycles. The third kappa shape index (κ3) is 4.97. The van der Waals surface area contributed by atoms with Gasteiger partial charge in [-0.3, -0.25) is 0 Å². The quantitative estimate of drug-likeness (QED) is 0.608. The monoisotopic (exact) mass is 240 g/mol. The lowest BCUT2D eigenvalue weighted by Gasteiger charge is -2.22. The second-order valence-corrected chi connectivity index (χ2v) is 6.71. The van der Waals surface area contributed by atoms with Crippen molar-refractivity contribution in [2.45, 2.75) is 53.4 Å². The molecule has 0 aromatic heterocycles. The standard InChI is InChI=1S/C15H32N2/c1-12(2)9-14(10-16)5-8-17-11-15(6-7-15)13(3)4/h12-14,17H,5-11,16H2,1-4H3/t14-/m1/s1. The highest BCUT2D eigenvalue weighted by Crippen LogP contribution is 2.51. The van der Waals surface area contributed by atoms with Crippen LogP contribution >= 0.6 is 0 Å². The lowest BCUT2D eigenvalue weighted by Crippen LogP contribution is -2.30. The van der Waals surface area contributed by atoms with E-state index in [1.807, 2.05) is 0 Å². The molecular weight excluding hydrogens is 208 g/mol. The lowest BCUT2D eigenvalue weighted by atomic mass is 9.92. The molecule has 0 heterocycles. The number of hydrogen-bond acceptors (Lipinski definition) is 2. The molecule has 0 unspecified atom stereocenters. The van der Waals surface area contributed by atoms with Crippen LogP contribution in [0, 0.1) is 23.2 Å². The first-order chi connectivity index (χ1) is 8.00. The van der Waals surface area contributed by atoms with Crippen LogP contribution in [0.4, 0.5) is 0 Å². The van der Waals surface area contributed by atoms with Crippen LogP contribution in [-0.2, 0) is 0 Å². The maximum atomic E-state index is 5.82. The second kappa shape index (κ2) is 6.75.